The summed E-state index contributed by atoms with van der Waals surface area (Å²) in [4.78, 5) is 23.3. The lowest BCUT2D eigenvalue weighted by molar-refractivity contribution is -0.384. The van der Waals surface area contributed by atoms with Crippen molar-refractivity contribution in [2.75, 3.05) is 24.0 Å². The van der Waals surface area contributed by atoms with Crippen LogP contribution in [-0.4, -0.2) is 41.1 Å². The molecule has 0 bridgehead atoms. The number of hydrogen-bond acceptors (Lipinski definition) is 5. The summed E-state index contributed by atoms with van der Waals surface area (Å²) < 4.78 is 0. The van der Waals surface area contributed by atoms with Crippen LogP contribution < -0.4 is 4.90 Å². The molecule has 0 aliphatic heterocycles. The Bertz CT molecular complexity index is 507. The number of carboxylic acid groups (broad SMARTS) is 1. The molecule has 0 fully saturated rings. The Balaban J connectivity index is 3.10. The fourth-order valence-electron chi connectivity index (χ4n) is 1.84. The predicted molar refractivity (Wildman–Crippen MR) is 80.9 cm³/mol. The monoisotopic (exact) mass is 298 g/mol. The predicted octanol–water partition coefficient (Wildman–Crippen LogP) is 2.87. The molecule has 6 nitrogen and oxygen atoms in total. The maximum Gasteiger partial charge on any atom is 0.338 e. The number of carbonyl (C=O) groups is 1. The molecule has 0 amide bonds. The largest absolute Gasteiger partial charge is 0.478 e. The van der Waals surface area contributed by atoms with Crippen molar-refractivity contribution in [2.24, 2.45) is 0 Å². The Morgan fingerprint density at radius 2 is 2.20 bits per heavy atom. The first kappa shape index (κ1) is 16.3. The Labute approximate surface area is 121 Å². The molecule has 1 atom stereocenters. The first-order chi connectivity index (χ1) is 9.38. The molecule has 0 aromatic heterocycles. The van der Waals surface area contributed by atoms with E-state index >= 15 is 0 Å². The number of hydrogen-bond donors (Lipinski definition) is 1. The number of anilines is 1. The van der Waals surface area contributed by atoms with E-state index in [1.165, 1.54) is 12.1 Å². The van der Waals surface area contributed by atoms with Gasteiger partial charge < -0.3 is 10.0 Å². The summed E-state index contributed by atoms with van der Waals surface area (Å²) in [5.74, 6) is -0.187. The minimum atomic E-state index is -1.16. The normalized spacial score (nSPS) is 11.9. The number of aromatic carboxylic acids is 1. The third-order valence-electron chi connectivity index (χ3n) is 3.20. The zero-order chi connectivity index (χ0) is 15.3. The molecule has 0 heterocycles. The number of nitro benzene ring substituents is 1. The topological polar surface area (TPSA) is 83.7 Å². The molecule has 1 aromatic carbocycles. The summed E-state index contributed by atoms with van der Waals surface area (Å²) in [5.41, 5.74) is 0.241. The van der Waals surface area contributed by atoms with Crippen molar-refractivity contribution in [3.8, 4) is 0 Å². The number of benzene rings is 1. The van der Waals surface area contributed by atoms with Crippen molar-refractivity contribution in [2.45, 2.75) is 19.4 Å². The molecule has 1 N–H and O–H groups in total. The molecule has 0 spiro atoms. The van der Waals surface area contributed by atoms with Crippen molar-refractivity contribution < 1.29 is 14.8 Å². The maximum atomic E-state index is 11.3. The van der Waals surface area contributed by atoms with E-state index in [4.69, 9.17) is 0 Å². The lowest BCUT2D eigenvalue weighted by atomic mass is 10.1. The van der Waals surface area contributed by atoms with E-state index in [0.29, 0.717) is 5.69 Å². The number of non-ortho nitro benzene ring substituents is 1. The highest BCUT2D eigenvalue weighted by Gasteiger charge is 2.20. The van der Waals surface area contributed by atoms with Crippen molar-refractivity contribution in [3.63, 3.8) is 0 Å². The van der Waals surface area contributed by atoms with E-state index in [2.05, 4.69) is 0 Å². The van der Waals surface area contributed by atoms with Crippen molar-refractivity contribution in [1.29, 1.82) is 0 Å². The molecule has 0 saturated heterocycles. The maximum absolute atomic E-state index is 11.3. The number of thioether (sulfide) groups is 1. The second-order valence-electron chi connectivity index (χ2n) is 4.51. The number of rotatable bonds is 7. The highest BCUT2D eigenvalue weighted by Crippen LogP contribution is 2.27. The zero-order valence-electron chi connectivity index (χ0n) is 11.7. The molecular weight excluding hydrogens is 280 g/mol. The molecule has 0 aliphatic carbocycles. The van der Waals surface area contributed by atoms with Crippen molar-refractivity contribution in [1.82, 2.24) is 0 Å². The fourth-order valence-corrected chi connectivity index (χ4v) is 2.41. The summed E-state index contributed by atoms with van der Waals surface area (Å²) >= 11 is 1.73. The van der Waals surface area contributed by atoms with Gasteiger partial charge in [0, 0.05) is 25.2 Å². The van der Waals surface area contributed by atoms with E-state index in [0.717, 1.165) is 18.2 Å². The Morgan fingerprint density at radius 1 is 1.55 bits per heavy atom. The minimum absolute atomic E-state index is 0.0438. The highest BCUT2D eigenvalue weighted by molar-refractivity contribution is 7.98. The summed E-state index contributed by atoms with van der Waals surface area (Å²) in [5, 5.41) is 20.0. The van der Waals surface area contributed by atoms with E-state index < -0.39 is 10.9 Å². The van der Waals surface area contributed by atoms with Gasteiger partial charge >= 0.3 is 5.97 Å². The Hall–Kier alpha value is -1.76. The summed E-state index contributed by atoms with van der Waals surface area (Å²) in [6, 6.07) is 4.09. The van der Waals surface area contributed by atoms with Crippen LogP contribution in [0.1, 0.15) is 23.7 Å². The third kappa shape index (κ3) is 3.86. The Morgan fingerprint density at radius 3 is 2.70 bits per heavy atom. The summed E-state index contributed by atoms with van der Waals surface area (Å²) in [7, 11) is 1.80. The van der Waals surface area contributed by atoms with E-state index in [-0.39, 0.29) is 17.3 Å². The smallest absolute Gasteiger partial charge is 0.338 e. The van der Waals surface area contributed by atoms with Gasteiger partial charge in [-0.2, -0.15) is 11.8 Å². The third-order valence-corrected chi connectivity index (χ3v) is 3.85. The van der Waals surface area contributed by atoms with E-state index in [1.807, 2.05) is 18.1 Å². The molecule has 0 radical (unpaired) electrons. The van der Waals surface area contributed by atoms with Crippen LogP contribution in [0.5, 0.6) is 0 Å². The molecule has 1 rings (SSSR count). The van der Waals surface area contributed by atoms with Gasteiger partial charge in [-0.15, -0.1) is 0 Å². The average molecular weight is 298 g/mol. The highest BCUT2D eigenvalue weighted by atomic mass is 32.2. The minimum Gasteiger partial charge on any atom is -0.478 e. The van der Waals surface area contributed by atoms with Crippen LogP contribution >= 0.6 is 11.8 Å². The van der Waals surface area contributed by atoms with Gasteiger partial charge in [-0.3, -0.25) is 10.1 Å². The van der Waals surface area contributed by atoms with Gasteiger partial charge in [0.05, 0.1) is 16.2 Å². The summed E-state index contributed by atoms with van der Waals surface area (Å²) in [6.07, 6.45) is 2.93. The number of carboxylic acids is 1. The van der Waals surface area contributed by atoms with Crippen LogP contribution in [0.4, 0.5) is 11.4 Å². The molecule has 7 heteroatoms. The standard InChI is InChI=1S/C13H18N2O4S/c1-9(6-7-20-3)14(2)12-5-4-10(15(18)19)8-11(12)13(16)17/h4-5,8-9H,6-7H2,1-3H3,(H,16,17). The zero-order valence-corrected chi connectivity index (χ0v) is 12.5. The van der Waals surface area contributed by atoms with Crippen LogP contribution in [-0.2, 0) is 0 Å². The van der Waals surface area contributed by atoms with Crippen molar-refractivity contribution >= 4 is 29.1 Å². The molecule has 0 saturated carbocycles. The quantitative estimate of drug-likeness (QED) is 0.615. The SMILES string of the molecule is CSCCC(C)N(C)c1ccc([N+](=O)[O-])cc1C(=O)O. The molecule has 110 valence electrons. The van der Waals surface area contributed by atoms with Crippen LogP contribution in [0.3, 0.4) is 0 Å². The number of nitrogens with zero attached hydrogens (tertiary/aromatic N) is 2. The number of nitro groups is 1. The van der Waals surface area contributed by atoms with Gasteiger partial charge in [-0.25, -0.2) is 4.79 Å². The summed E-state index contributed by atoms with van der Waals surface area (Å²) in [6.45, 7) is 2.00. The van der Waals surface area contributed by atoms with Gasteiger partial charge in [-0.1, -0.05) is 0 Å². The van der Waals surface area contributed by atoms with Gasteiger partial charge in [0.1, 0.15) is 0 Å². The van der Waals surface area contributed by atoms with Gasteiger partial charge in [0.15, 0.2) is 0 Å². The lowest BCUT2D eigenvalue weighted by Crippen LogP contribution is -2.30. The average Bonchev–Trinajstić information content (AvgIpc) is 2.42. The molecule has 20 heavy (non-hydrogen) atoms. The van der Waals surface area contributed by atoms with Gasteiger partial charge in [0.2, 0.25) is 0 Å². The molecule has 1 unspecified atom stereocenters. The molecular formula is C13H18N2O4S. The second kappa shape index (κ2) is 7.14. The van der Waals surface area contributed by atoms with E-state index in [9.17, 15) is 20.0 Å². The first-order valence-corrected chi connectivity index (χ1v) is 7.51. The van der Waals surface area contributed by atoms with Crippen LogP contribution in [0.15, 0.2) is 18.2 Å². The van der Waals surface area contributed by atoms with Crippen molar-refractivity contribution in [3.05, 3.63) is 33.9 Å². The lowest BCUT2D eigenvalue weighted by Gasteiger charge is -2.28. The first-order valence-electron chi connectivity index (χ1n) is 6.12. The Kier molecular flexibility index (Phi) is 5.82. The molecule has 1 aromatic rings. The van der Waals surface area contributed by atoms with Crippen LogP contribution in [0.2, 0.25) is 0 Å². The van der Waals surface area contributed by atoms with Gasteiger partial charge in [0.25, 0.3) is 5.69 Å². The van der Waals surface area contributed by atoms with E-state index in [1.54, 1.807) is 18.8 Å². The van der Waals surface area contributed by atoms with Crippen LogP contribution in [0.25, 0.3) is 0 Å². The second-order valence-corrected chi connectivity index (χ2v) is 5.49. The molecule has 0 aliphatic rings. The van der Waals surface area contributed by atoms with Gasteiger partial charge in [-0.05, 0) is 31.4 Å². The fraction of sp³-hybridized carbons (Fsp3) is 0.462. The van der Waals surface area contributed by atoms with Crippen LogP contribution in [0, 0.1) is 10.1 Å².